The van der Waals surface area contributed by atoms with Gasteiger partial charge >= 0.3 is 0 Å². The SMILES string of the molecule is CC[C@H](NC)C(=O)N[C@@H]1C(=O)N2[C@@H](CC[C@@H]1CO)CC[C@H]2C(=O)N[C@H](C(=O)NCCNC(=O)CCC#CC#CCCC(=O)NCCNC(=O)[C@@H](NC(=O)[C@@H]1CC[C@@H]2CC[C@H](CO)[C@H](NC(=O)[C@H](C)NC)C(=O)N21)c1ccccc1)c1ccccc1. The van der Waals surface area contributed by atoms with Gasteiger partial charge in [-0.25, -0.2) is 0 Å². The van der Waals surface area contributed by atoms with Crippen LogP contribution in [0.25, 0.3) is 0 Å². The number of carbonyl (C=O) groups excluding carboxylic acids is 10. The summed E-state index contributed by atoms with van der Waals surface area (Å²) in [6.07, 6.45) is 4.84. The number of amides is 10. The van der Waals surface area contributed by atoms with Gasteiger partial charge in [0.15, 0.2) is 0 Å². The van der Waals surface area contributed by atoms with Crippen molar-refractivity contribution in [2.75, 3.05) is 53.5 Å². The van der Waals surface area contributed by atoms with E-state index in [-0.39, 0.29) is 94.9 Å². The van der Waals surface area contributed by atoms with Crippen LogP contribution in [0.5, 0.6) is 0 Å². The highest BCUT2D eigenvalue weighted by molar-refractivity contribution is 5.97. The predicted octanol–water partition coefficient (Wildman–Crippen LogP) is -1.17. The Hall–Kier alpha value is -7.90. The van der Waals surface area contributed by atoms with Gasteiger partial charge in [-0.15, -0.1) is 0 Å². The van der Waals surface area contributed by atoms with Gasteiger partial charge in [-0.1, -0.05) is 79.4 Å². The molecule has 12 N–H and O–H groups in total. The van der Waals surface area contributed by atoms with Crippen LogP contribution in [0.4, 0.5) is 0 Å². The van der Waals surface area contributed by atoms with E-state index in [1.54, 1.807) is 81.7 Å². The molecule has 4 saturated heterocycles. The largest absolute Gasteiger partial charge is 0.396 e. The Kier molecular flexibility index (Phi) is 26.1. The van der Waals surface area contributed by atoms with E-state index >= 15 is 0 Å². The van der Waals surface area contributed by atoms with E-state index in [0.29, 0.717) is 68.9 Å². The van der Waals surface area contributed by atoms with E-state index < -0.39 is 102 Å². The molecular weight excluding hydrogens is 1090 g/mol. The molecular formula is C61H84N12O12. The number of aliphatic hydroxyl groups is 2. The maximum atomic E-state index is 14.1. The minimum atomic E-state index is -1.12. The average Bonchev–Trinajstić information content (AvgIpc) is 4.20. The number of carbonyl (C=O) groups is 10. The molecule has 4 aliphatic heterocycles. The van der Waals surface area contributed by atoms with Crippen molar-refractivity contribution in [2.24, 2.45) is 11.8 Å². The van der Waals surface area contributed by atoms with Gasteiger partial charge in [0.1, 0.15) is 36.3 Å². The molecule has 460 valence electrons. The van der Waals surface area contributed by atoms with Gasteiger partial charge in [0.25, 0.3) is 0 Å². The van der Waals surface area contributed by atoms with Crippen LogP contribution in [-0.2, 0) is 47.9 Å². The summed E-state index contributed by atoms with van der Waals surface area (Å²) in [5, 5.41) is 48.5. The number of nitrogens with zero attached hydrogens (tertiary/aromatic N) is 2. The number of likely N-dealkylation sites (N-methyl/N-ethyl adjacent to an activating group) is 2. The fraction of sp³-hybridized carbons (Fsp3) is 0.574. The summed E-state index contributed by atoms with van der Waals surface area (Å²) in [6, 6.07) is 9.49. The van der Waals surface area contributed by atoms with Gasteiger partial charge in [-0.2, -0.15) is 0 Å². The molecule has 4 heterocycles. The van der Waals surface area contributed by atoms with E-state index in [4.69, 9.17) is 0 Å². The number of rotatable bonds is 27. The Labute approximate surface area is 497 Å². The number of aliphatic hydroxyl groups excluding tert-OH is 2. The number of fused-ring (bicyclic) bond motifs is 2. The third kappa shape index (κ3) is 18.3. The highest BCUT2D eigenvalue weighted by atomic mass is 16.3. The van der Waals surface area contributed by atoms with Crippen LogP contribution in [0.1, 0.15) is 121 Å². The van der Waals surface area contributed by atoms with Gasteiger partial charge in [0, 0.05) is 89.0 Å². The summed E-state index contributed by atoms with van der Waals surface area (Å²) in [4.78, 5) is 138. The van der Waals surface area contributed by atoms with Gasteiger partial charge < -0.3 is 73.2 Å². The Morgan fingerprint density at radius 1 is 0.541 bits per heavy atom. The van der Waals surface area contributed by atoms with Crippen molar-refractivity contribution < 1.29 is 58.2 Å². The highest BCUT2D eigenvalue weighted by Crippen LogP contribution is 2.36. The number of benzene rings is 2. The molecule has 0 aliphatic carbocycles. The highest BCUT2D eigenvalue weighted by Gasteiger charge is 2.50. The molecule has 0 radical (unpaired) electrons. The molecule has 4 fully saturated rings. The van der Waals surface area contributed by atoms with Gasteiger partial charge in [0.2, 0.25) is 59.1 Å². The Bertz CT molecular complexity index is 2780. The first kappa shape index (κ1) is 66.2. The van der Waals surface area contributed by atoms with E-state index in [0.717, 1.165) is 0 Å². The van der Waals surface area contributed by atoms with E-state index in [1.807, 2.05) is 6.92 Å². The first-order valence-corrected chi connectivity index (χ1v) is 29.6. The maximum Gasteiger partial charge on any atom is 0.247 e. The molecule has 2 aromatic rings. The molecule has 85 heavy (non-hydrogen) atoms. The Morgan fingerprint density at radius 2 is 0.941 bits per heavy atom. The molecule has 0 aromatic heterocycles. The summed E-state index contributed by atoms with van der Waals surface area (Å²) in [5.41, 5.74) is 1.01. The third-order valence-corrected chi connectivity index (χ3v) is 16.3. The van der Waals surface area contributed by atoms with Crippen molar-refractivity contribution in [1.29, 1.82) is 0 Å². The van der Waals surface area contributed by atoms with Crippen molar-refractivity contribution in [3.8, 4) is 23.7 Å². The van der Waals surface area contributed by atoms with Crippen LogP contribution in [0.3, 0.4) is 0 Å². The third-order valence-electron chi connectivity index (χ3n) is 16.3. The van der Waals surface area contributed by atoms with Crippen molar-refractivity contribution >= 4 is 59.1 Å². The fourth-order valence-corrected chi connectivity index (χ4v) is 11.4. The van der Waals surface area contributed by atoms with Gasteiger partial charge in [-0.05, 0) is 102 Å². The Morgan fingerprint density at radius 3 is 1.33 bits per heavy atom. The second kappa shape index (κ2) is 33.6. The quantitative estimate of drug-likeness (QED) is 0.0371. The molecule has 0 unspecified atom stereocenters. The lowest BCUT2D eigenvalue weighted by Crippen LogP contribution is -2.59. The zero-order valence-corrected chi connectivity index (χ0v) is 49.0. The number of nitrogens with one attached hydrogen (secondary N) is 10. The minimum absolute atomic E-state index is 0.0466. The van der Waals surface area contributed by atoms with Crippen LogP contribution in [-0.4, -0.2) is 181 Å². The van der Waals surface area contributed by atoms with Crippen molar-refractivity contribution in [3.63, 3.8) is 0 Å². The molecule has 0 saturated carbocycles. The van der Waals surface area contributed by atoms with Crippen LogP contribution < -0.4 is 53.2 Å². The van der Waals surface area contributed by atoms with Crippen LogP contribution in [0, 0.1) is 35.5 Å². The lowest BCUT2D eigenvalue weighted by Gasteiger charge is -2.33. The fourth-order valence-electron chi connectivity index (χ4n) is 11.4. The maximum absolute atomic E-state index is 14.1. The second-order valence-corrected chi connectivity index (χ2v) is 21.8. The first-order valence-electron chi connectivity index (χ1n) is 29.6. The predicted molar refractivity (Wildman–Crippen MR) is 313 cm³/mol. The summed E-state index contributed by atoms with van der Waals surface area (Å²) >= 11 is 0. The lowest BCUT2D eigenvalue weighted by atomic mass is 9.93. The summed E-state index contributed by atoms with van der Waals surface area (Å²) in [7, 11) is 3.27. The van der Waals surface area contributed by atoms with E-state index in [2.05, 4.69) is 76.8 Å². The zero-order valence-electron chi connectivity index (χ0n) is 49.0. The normalized spacial score (nSPS) is 22.9. The Balaban J connectivity index is 0.889. The van der Waals surface area contributed by atoms with Crippen LogP contribution >= 0.6 is 0 Å². The van der Waals surface area contributed by atoms with Crippen LogP contribution in [0.15, 0.2) is 60.7 Å². The summed E-state index contributed by atoms with van der Waals surface area (Å²) in [6.45, 7) is 3.14. The molecule has 2 aromatic carbocycles. The van der Waals surface area contributed by atoms with Crippen molar-refractivity contribution in [1.82, 2.24) is 63.0 Å². The summed E-state index contributed by atoms with van der Waals surface area (Å²) < 4.78 is 0. The lowest BCUT2D eigenvalue weighted by molar-refractivity contribution is -0.144. The first-order chi connectivity index (χ1) is 41.0. The zero-order chi connectivity index (χ0) is 61.4. The van der Waals surface area contributed by atoms with Gasteiger partial charge in [0.05, 0.1) is 12.1 Å². The van der Waals surface area contributed by atoms with Crippen molar-refractivity contribution in [2.45, 2.75) is 158 Å². The summed E-state index contributed by atoms with van der Waals surface area (Å²) in [5.74, 6) is 5.51. The smallest absolute Gasteiger partial charge is 0.247 e. The molecule has 24 nitrogen and oxygen atoms in total. The monoisotopic (exact) mass is 1180 g/mol. The van der Waals surface area contributed by atoms with Gasteiger partial charge in [-0.3, -0.25) is 47.9 Å². The number of hydrogen-bond donors (Lipinski definition) is 12. The second-order valence-electron chi connectivity index (χ2n) is 21.8. The van der Waals surface area contributed by atoms with E-state index in [9.17, 15) is 58.2 Å². The molecule has 4 aliphatic rings. The van der Waals surface area contributed by atoms with Crippen molar-refractivity contribution in [3.05, 3.63) is 71.8 Å². The molecule has 0 spiro atoms. The molecule has 24 heteroatoms. The minimum Gasteiger partial charge on any atom is -0.396 e. The molecule has 10 amide bonds. The molecule has 12 atom stereocenters. The van der Waals surface area contributed by atoms with Crippen LogP contribution in [0.2, 0.25) is 0 Å². The molecule has 6 rings (SSSR count). The topological polar surface area (TPSA) is 338 Å². The molecule has 0 bridgehead atoms. The average molecular weight is 1180 g/mol. The van der Waals surface area contributed by atoms with E-state index in [1.165, 1.54) is 9.80 Å². The standard InChI is InChI=1S/C61H84N12O12/c1-5-45(63-4)55(79)71-53-42(37-75)25-27-44-29-31-47(73(44)61(53)85)57(81)69-51(40-20-14-11-15-21-40)59(83)67-35-33-65-49(77)23-17-9-7-6-8-16-22-48(76)64-32-34-66-58(82)50(39-18-12-10-13-19-39)68-56(80)46-30-28-43-26-24-41(36-74)52(60(84)72(43)46)70-54(78)38(2)62-3/h10-15,18-21,38,41-47,50-53,62-63,74-75H,5,16-17,22-37H2,1-4H3,(H,64,76)(H,65,77)(H,66,82)(H,67,83)(H,68,80)(H,69,81)(H,70,78)(H,71,79)/t38-,41+,42+,43-,44-,45-,46-,47-,50-,51-,52-,53-/m0/s1. The number of hydrogen-bond acceptors (Lipinski definition) is 14.